The summed E-state index contributed by atoms with van der Waals surface area (Å²) in [7, 11) is 1.59. The second-order valence-electron chi connectivity index (χ2n) is 5.64. The van der Waals surface area contributed by atoms with Crippen LogP contribution in [0.4, 0.5) is 0 Å². The molecule has 0 aromatic heterocycles. The Balaban J connectivity index is 2.08. The van der Waals surface area contributed by atoms with Gasteiger partial charge in [-0.25, -0.2) is 0 Å². The Morgan fingerprint density at radius 1 is 1.29 bits per heavy atom. The normalized spacial score (nSPS) is 21.7. The number of rotatable bonds is 5. The van der Waals surface area contributed by atoms with Gasteiger partial charge < -0.3 is 14.8 Å². The van der Waals surface area contributed by atoms with Gasteiger partial charge in [0.25, 0.3) is 5.91 Å². The summed E-state index contributed by atoms with van der Waals surface area (Å²) >= 11 is 0. The van der Waals surface area contributed by atoms with Crippen LogP contribution in [0.25, 0.3) is 0 Å². The first-order chi connectivity index (χ1) is 10.2. The van der Waals surface area contributed by atoms with E-state index < -0.39 is 0 Å². The van der Waals surface area contributed by atoms with E-state index in [2.05, 4.69) is 12.2 Å². The largest absolute Gasteiger partial charge is 0.493 e. The van der Waals surface area contributed by atoms with Gasteiger partial charge in [-0.05, 0) is 43.9 Å². The van der Waals surface area contributed by atoms with E-state index in [9.17, 15) is 4.79 Å². The van der Waals surface area contributed by atoms with Crippen molar-refractivity contribution in [2.24, 2.45) is 5.92 Å². The summed E-state index contributed by atoms with van der Waals surface area (Å²) in [4.78, 5) is 12.4. The van der Waals surface area contributed by atoms with E-state index in [0.29, 0.717) is 29.6 Å². The number of amides is 1. The van der Waals surface area contributed by atoms with Crippen molar-refractivity contribution in [2.75, 3.05) is 13.7 Å². The smallest absolute Gasteiger partial charge is 0.251 e. The standard InChI is InChI=1S/C17H25NO3/c1-4-21-15-10-9-13(11-16(15)20-3)17(19)18-14-8-6-5-7-12(14)2/h9-12,14H,4-8H2,1-3H3,(H,18,19). The van der Waals surface area contributed by atoms with E-state index in [0.717, 1.165) is 6.42 Å². The first kappa shape index (κ1) is 15.7. The fourth-order valence-corrected chi connectivity index (χ4v) is 2.87. The van der Waals surface area contributed by atoms with Crippen LogP contribution in [0.1, 0.15) is 49.9 Å². The Bertz CT molecular complexity index is 487. The average Bonchev–Trinajstić information content (AvgIpc) is 2.50. The van der Waals surface area contributed by atoms with Crippen molar-refractivity contribution >= 4 is 5.91 Å². The third kappa shape index (κ3) is 3.90. The van der Waals surface area contributed by atoms with Gasteiger partial charge >= 0.3 is 0 Å². The molecule has 0 bridgehead atoms. The van der Waals surface area contributed by atoms with E-state index >= 15 is 0 Å². The summed E-state index contributed by atoms with van der Waals surface area (Å²) in [5.41, 5.74) is 0.619. The molecule has 0 radical (unpaired) electrons. The molecule has 0 saturated heterocycles. The SMILES string of the molecule is CCOc1ccc(C(=O)NC2CCCCC2C)cc1OC. The maximum Gasteiger partial charge on any atom is 0.251 e. The highest BCUT2D eigenvalue weighted by atomic mass is 16.5. The summed E-state index contributed by atoms with van der Waals surface area (Å²) in [6.45, 7) is 4.70. The van der Waals surface area contributed by atoms with Crippen LogP contribution in [-0.4, -0.2) is 25.7 Å². The molecule has 4 nitrogen and oxygen atoms in total. The molecule has 2 atom stereocenters. The fourth-order valence-electron chi connectivity index (χ4n) is 2.87. The van der Waals surface area contributed by atoms with Gasteiger partial charge in [0, 0.05) is 11.6 Å². The Morgan fingerprint density at radius 3 is 2.71 bits per heavy atom. The third-order valence-electron chi connectivity index (χ3n) is 4.15. The minimum Gasteiger partial charge on any atom is -0.493 e. The molecule has 2 rings (SSSR count). The molecule has 0 spiro atoms. The lowest BCUT2D eigenvalue weighted by Crippen LogP contribution is -2.41. The summed E-state index contributed by atoms with van der Waals surface area (Å²) < 4.78 is 10.8. The zero-order chi connectivity index (χ0) is 15.2. The lowest BCUT2D eigenvalue weighted by molar-refractivity contribution is 0.0910. The Morgan fingerprint density at radius 2 is 2.05 bits per heavy atom. The molecule has 1 N–H and O–H groups in total. The van der Waals surface area contributed by atoms with Gasteiger partial charge in [-0.1, -0.05) is 19.8 Å². The molecule has 1 aliphatic carbocycles. The molecular formula is C17H25NO3. The molecule has 4 heteroatoms. The number of hydrogen-bond acceptors (Lipinski definition) is 3. The molecular weight excluding hydrogens is 266 g/mol. The molecule has 1 fully saturated rings. The lowest BCUT2D eigenvalue weighted by Gasteiger charge is -2.29. The summed E-state index contributed by atoms with van der Waals surface area (Å²) in [5.74, 6) is 1.78. The van der Waals surface area contributed by atoms with Crippen LogP contribution in [0.5, 0.6) is 11.5 Å². The van der Waals surface area contributed by atoms with Gasteiger partial charge in [0.05, 0.1) is 13.7 Å². The van der Waals surface area contributed by atoms with E-state index in [1.807, 2.05) is 6.92 Å². The van der Waals surface area contributed by atoms with E-state index in [-0.39, 0.29) is 11.9 Å². The highest BCUT2D eigenvalue weighted by Gasteiger charge is 2.23. The predicted octanol–water partition coefficient (Wildman–Crippen LogP) is 3.40. The van der Waals surface area contributed by atoms with Crippen molar-refractivity contribution < 1.29 is 14.3 Å². The van der Waals surface area contributed by atoms with Gasteiger partial charge in [-0.2, -0.15) is 0 Å². The molecule has 1 saturated carbocycles. The number of benzene rings is 1. The second kappa shape index (κ2) is 7.34. The number of methoxy groups -OCH3 is 1. The van der Waals surface area contributed by atoms with Crippen LogP contribution >= 0.6 is 0 Å². The Labute approximate surface area is 126 Å². The summed E-state index contributed by atoms with van der Waals surface area (Å²) in [6, 6.07) is 5.61. The predicted molar refractivity (Wildman–Crippen MR) is 83.0 cm³/mol. The van der Waals surface area contributed by atoms with Crippen molar-refractivity contribution in [1.82, 2.24) is 5.32 Å². The van der Waals surface area contributed by atoms with E-state index in [1.165, 1.54) is 19.3 Å². The van der Waals surface area contributed by atoms with Crippen LogP contribution in [0.15, 0.2) is 18.2 Å². The lowest BCUT2D eigenvalue weighted by atomic mass is 9.86. The maximum atomic E-state index is 12.4. The zero-order valence-electron chi connectivity index (χ0n) is 13.1. The van der Waals surface area contributed by atoms with Gasteiger partial charge in [0.1, 0.15) is 0 Å². The summed E-state index contributed by atoms with van der Waals surface area (Å²) in [6.07, 6.45) is 4.73. The molecule has 116 valence electrons. The van der Waals surface area contributed by atoms with Gasteiger partial charge in [0.2, 0.25) is 0 Å². The van der Waals surface area contributed by atoms with Crippen molar-refractivity contribution in [2.45, 2.75) is 45.6 Å². The van der Waals surface area contributed by atoms with Crippen LogP contribution in [0.2, 0.25) is 0 Å². The highest BCUT2D eigenvalue weighted by Crippen LogP contribution is 2.29. The molecule has 1 aromatic rings. The minimum atomic E-state index is -0.0323. The highest BCUT2D eigenvalue weighted by molar-refractivity contribution is 5.95. The fraction of sp³-hybridized carbons (Fsp3) is 0.588. The van der Waals surface area contributed by atoms with Gasteiger partial charge in [-0.15, -0.1) is 0 Å². The number of carbonyl (C=O) groups excluding carboxylic acids is 1. The Kier molecular flexibility index (Phi) is 5.48. The quantitative estimate of drug-likeness (QED) is 0.904. The van der Waals surface area contributed by atoms with Crippen LogP contribution < -0.4 is 14.8 Å². The molecule has 1 aromatic carbocycles. The number of hydrogen-bond donors (Lipinski definition) is 1. The van der Waals surface area contributed by atoms with E-state index in [1.54, 1.807) is 25.3 Å². The van der Waals surface area contributed by atoms with Gasteiger partial charge in [-0.3, -0.25) is 4.79 Å². The third-order valence-corrected chi connectivity index (χ3v) is 4.15. The Hall–Kier alpha value is -1.71. The maximum absolute atomic E-state index is 12.4. The number of nitrogens with one attached hydrogen (secondary N) is 1. The number of ether oxygens (including phenoxy) is 2. The monoisotopic (exact) mass is 291 g/mol. The van der Waals surface area contributed by atoms with E-state index in [4.69, 9.17) is 9.47 Å². The van der Waals surface area contributed by atoms with Crippen LogP contribution in [0, 0.1) is 5.92 Å². The van der Waals surface area contributed by atoms with Crippen LogP contribution in [-0.2, 0) is 0 Å². The van der Waals surface area contributed by atoms with Crippen molar-refractivity contribution in [3.8, 4) is 11.5 Å². The average molecular weight is 291 g/mol. The number of carbonyl (C=O) groups is 1. The zero-order valence-corrected chi connectivity index (χ0v) is 13.1. The molecule has 2 unspecified atom stereocenters. The minimum absolute atomic E-state index is 0.0323. The molecule has 1 amide bonds. The van der Waals surface area contributed by atoms with Gasteiger partial charge in [0.15, 0.2) is 11.5 Å². The van der Waals surface area contributed by atoms with Crippen molar-refractivity contribution in [3.05, 3.63) is 23.8 Å². The summed E-state index contributed by atoms with van der Waals surface area (Å²) in [5, 5.41) is 3.15. The van der Waals surface area contributed by atoms with Crippen molar-refractivity contribution in [1.29, 1.82) is 0 Å². The topological polar surface area (TPSA) is 47.6 Å². The van der Waals surface area contributed by atoms with Crippen molar-refractivity contribution in [3.63, 3.8) is 0 Å². The first-order valence-electron chi connectivity index (χ1n) is 7.77. The molecule has 1 aliphatic rings. The second-order valence-corrected chi connectivity index (χ2v) is 5.64. The first-order valence-corrected chi connectivity index (χ1v) is 7.77. The van der Waals surface area contributed by atoms with Crippen LogP contribution in [0.3, 0.4) is 0 Å². The molecule has 0 aliphatic heterocycles. The molecule has 21 heavy (non-hydrogen) atoms. The molecule has 0 heterocycles.